The number of likely N-dealkylation sites (tertiary alicyclic amines) is 1. The van der Waals surface area contributed by atoms with E-state index in [1.54, 1.807) is 36.0 Å². The van der Waals surface area contributed by atoms with Crippen molar-refractivity contribution >= 4 is 52.4 Å². The summed E-state index contributed by atoms with van der Waals surface area (Å²) < 4.78 is 26.4. The molecule has 5 heterocycles. The first-order valence-electron chi connectivity index (χ1n) is 17.0. The molecule has 3 saturated heterocycles. The Bertz CT molecular complexity index is 1920. The molecule has 14 heteroatoms. The highest BCUT2D eigenvalue weighted by Crippen LogP contribution is 2.30. The van der Waals surface area contributed by atoms with E-state index in [2.05, 4.69) is 20.2 Å². The summed E-state index contributed by atoms with van der Waals surface area (Å²) in [5.74, 6) is -1.03. The molecule has 1 unspecified atom stereocenters. The molecule has 1 atom stereocenters. The summed E-state index contributed by atoms with van der Waals surface area (Å²) in [4.78, 5) is 73.1. The predicted octanol–water partition coefficient (Wildman–Crippen LogP) is 3.68. The first-order valence-corrected chi connectivity index (χ1v) is 18.1. The first-order chi connectivity index (χ1) is 24.2. The number of aromatic nitrogens is 2. The van der Waals surface area contributed by atoms with Crippen LogP contribution in [0.1, 0.15) is 70.6 Å². The van der Waals surface area contributed by atoms with Gasteiger partial charge < -0.3 is 14.5 Å². The van der Waals surface area contributed by atoms with Crippen LogP contribution in [0.25, 0.3) is 17.0 Å². The van der Waals surface area contributed by atoms with Crippen LogP contribution in [0, 0.1) is 11.7 Å². The van der Waals surface area contributed by atoms with Gasteiger partial charge in [0.15, 0.2) is 0 Å². The molecule has 4 aliphatic heterocycles. The molecule has 2 aromatic carbocycles. The number of amides is 4. The third kappa shape index (κ3) is 7.37. The molecule has 0 bridgehead atoms. The van der Waals surface area contributed by atoms with Gasteiger partial charge >= 0.3 is 0 Å². The van der Waals surface area contributed by atoms with Gasteiger partial charge in [0.1, 0.15) is 28.8 Å². The van der Waals surface area contributed by atoms with Crippen molar-refractivity contribution in [3.8, 4) is 5.75 Å². The molecule has 2 N–H and O–H groups in total. The topological polar surface area (TPSA) is 151 Å². The number of ether oxygens (including phenoxy) is 2. The lowest BCUT2D eigenvalue weighted by molar-refractivity contribution is -0.136. The molecule has 7 rings (SSSR count). The van der Waals surface area contributed by atoms with E-state index in [1.165, 1.54) is 6.07 Å². The number of hydrogen-bond acceptors (Lipinski definition) is 10. The Morgan fingerprint density at radius 1 is 0.980 bits per heavy atom. The van der Waals surface area contributed by atoms with Gasteiger partial charge in [0.2, 0.25) is 11.8 Å². The molecule has 1 aromatic heterocycles. The molecular weight excluding hydrogens is 665 g/mol. The summed E-state index contributed by atoms with van der Waals surface area (Å²) in [6, 6.07) is 6.94. The third-order valence-corrected chi connectivity index (χ3v) is 11.1. The lowest BCUT2D eigenvalue weighted by atomic mass is 9.98. The molecule has 3 aromatic rings. The summed E-state index contributed by atoms with van der Waals surface area (Å²) in [7, 11) is 0. The molecule has 50 heavy (non-hydrogen) atoms. The van der Waals surface area contributed by atoms with E-state index < -0.39 is 41.0 Å². The Hall–Kier alpha value is -4.40. The number of imide groups is 2. The lowest BCUT2D eigenvalue weighted by Crippen LogP contribution is -2.54. The van der Waals surface area contributed by atoms with Crippen LogP contribution in [0.5, 0.6) is 5.75 Å². The fraction of sp³-hybridized carbons (Fsp3) is 0.444. The van der Waals surface area contributed by atoms with Gasteiger partial charge in [-0.05, 0) is 68.8 Å². The van der Waals surface area contributed by atoms with E-state index >= 15 is 0 Å². The van der Waals surface area contributed by atoms with Crippen molar-refractivity contribution in [2.75, 3.05) is 39.5 Å². The van der Waals surface area contributed by atoms with Crippen LogP contribution >= 0.6 is 11.8 Å². The minimum Gasteiger partial charge on any atom is -0.493 e. The van der Waals surface area contributed by atoms with Crippen molar-refractivity contribution in [3.05, 3.63) is 75.1 Å². The van der Waals surface area contributed by atoms with E-state index in [-0.39, 0.29) is 29.4 Å². The van der Waals surface area contributed by atoms with Crippen LogP contribution in [-0.4, -0.2) is 94.1 Å². The van der Waals surface area contributed by atoms with Gasteiger partial charge in [-0.3, -0.25) is 39.1 Å². The number of nitrogens with one attached hydrogen (secondary N) is 2. The second kappa shape index (κ2) is 14.8. The number of H-pyrrole nitrogens is 1. The van der Waals surface area contributed by atoms with E-state index in [0.717, 1.165) is 62.4 Å². The Morgan fingerprint density at radius 2 is 1.76 bits per heavy atom. The molecule has 12 nitrogen and oxygen atoms in total. The molecule has 0 radical (unpaired) electrons. The smallest absolute Gasteiger partial charge is 0.262 e. The summed E-state index contributed by atoms with van der Waals surface area (Å²) in [5.41, 5.74) is 1.07. The number of carbonyl (C=O) groups excluding carboxylic acids is 4. The molecule has 262 valence electrons. The van der Waals surface area contributed by atoms with Gasteiger partial charge in [0.25, 0.3) is 17.4 Å². The number of rotatable bonds is 10. The lowest BCUT2D eigenvalue weighted by Gasteiger charge is -2.31. The largest absolute Gasteiger partial charge is 0.493 e. The van der Waals surface area contributed by atoms with Crippen LogP contribution in [0.3, 0.4) is 0 Å². The van der Waals surface area contributed by atoms with Crippen LogP contribution in [0.15, 0.2) is 41.2 Å². The van der Waals surface area contributed by atoms with Gasteiger partial charge in [0.05, 0.1) is 29.0 Å². The van der Waals surface area contributed by atoms with Gasteiger partial charge in [-0.2, -0.15) is 11.8 Å². The number of aromatic amines is 1. The Kier molecular flexibility index (Phi) is 10.1. The van der Waals surface area contributed by atoms with Crippen molar-refractivity contribution in [2.45, 2.75) is 55.6 Å². The van der Waals surface area contributed by atoms with Crippen LogP contribution < -0.4 is 15.6 Å². The van der Waals surface area contributed by atoms with Crippen molar-refractivity contribution in [3.63, 3.8) is 0 Å². The predicted molar refractivity (Wildman–Crippen MR) is 184 cm³/mol. The quantitative estimate of drug-likeness (QED) is 0.300. The average molecular weight is 704 g/mol. The fourth-order valence-electron chi connectivity index (χ4n) is 6.92. The second-order valence-corrected chi connectivity index (χ2v) is 14.4. The van der Waals surface area contributed by atoms with Crippen molar-refractivity contribution in [1.29, 1.82) is 0 Å². The molecule has 0 spiro atoms. The zero-order valence-corrected chi connectivity index (χ0v) is 28.3. The number of fused-ring (bicyclic) bond motifs is 2. The summed E-state index contributed by atoms with van der Waals surface area (Å²) in [6.45, 7) is 4.32. The molecule has 4 amide bonds. The van der Waals surface area contributed by atoms with Gasteiger partial charge in [-0.15, -0.1) is 0 Å². The summed E-state index contributed by atoms with van der Waals surface area (Å²) in [6.07, 6.45) is 7.84. The highest BCUT2D eigenvalue weighted by atomic mass is 32.2. The average Bonchev–Trinajstić information content (AvgIpc) is 3.35. The van der Waals surface area contributed by atoms with Crippen molar-refractivity contribution in [1.82, 2.24) is 25.1 Å². The van der Waals surface area contributed by atoms with Crippen LogP contribution in [-0.2, 0) is 20.1 Å². The highest BCUT2D eigenvalue weighted by Gasteiger charge is 2.44. The normalized spacial score (nSPS) is 21.0. The maximum absolute atomic E-state index is 15.0. The van der Waals surface area contributed by atoms with E-state index in [0.29, 0.717) is 47.2 Å². The Labute approximate surface area is 291 Å². The fourth-order valence-corrected chi connectivity index (χ4v) is 7.97. The third-order valence-electron chi connectivity index (χ3n) is 9.74. The number of thioether (sulfide) groups is 1. The van der Waals surface area contributed by atoms with Gasteiger partial charge in [-0.25, -0.2) is 9.37 Å². The molecule has 3 fully saturated rings. The number of halogens is 1. The van der Waals surface area contributed by atoms with Gasteiger partial charge in [0, 0.05) is 43.6 Å². The summed E-state index contributed by atoms with van der Waals surface area (Å²) >= 11 is 1.73. The zero-order valence-electron chi connectivity index (χ0n) is 27.5. The van der Waals surface area contributed by atoms with E-state index in [9.17, 15) is 28.4 Å². The maximum atomic E-state index is 15.0. The highest BCUT2D eigenvalue weighted by molar-refractivity contribution is 7.99. The minimum absolute atomic E-state index is 0.0623. The zero-order chi connectivity index (χ0) is 34.8. The summed E-state index contributed by atoms with van der Waals surface area (Å²) in [5, 5.41) is 2.59. The number of nitrogens with zero attached hydrogens (tertiary/aromatic N) is 3. The standard InChI is InChI=1S/C36H38FN5O7S/c37-27-17-23(18-28-32(27)34(45)39-30(38-28)20-50-24-9-14-48-15-10-24)49-19-22-7-12-41(13-8-22)11-1-2-21-3-4-25-26(16-21)36(47)42(35(25)46)29-5-6-31(43)40-33(29)44/h1-4,16-18,22,24,29H,5-15,19-20H2,(H,38,39,45)(H,40,43,44). The number of hydrogen-bond donors (Lipinski definition) is 2. The monoisotopic (exact) mass is 703 g/mol. The molecule has 4 aliphatic rings. The maximum Gasteiger partial charge on any atom is 0.262 e. The van der Waals surface area contributed by atoms with Gasteiger partial charge in [-0.1, -0.05) is 18.2 Å². The molecule has 0 aliphatic carbocycles. The number of piperidine rings is 2. The van der Waals surface area contributed by atoms with E-state index in [1.807, 2.05) is 12.2 Å². The van der Waals surface area contributed by atoms with Crippen LogP contribution in [0.2, 0.25) is 0 Å². The van der Waals surface area contributed by atoms with E-state index in [4.69, 9.17) is 9.47 Å². The first kappa shape index (κ1) is 34.1. The number of carbonyl (C=O) groups is 4. The SMILES string of the molecule is O=C1CCC(N2C(=O)c3ccc(C=CCN4CCC(COc5cc(F)c6c(=O)[nH]c(CSC7CCOCC7)nc6c5)CC4)cc3C2=O)C(=O)N1. The molecular formula is C36H38FN5O7S. The molecule has 0 saturated carbocycles. The number of benzene rings is 2. The van der Waals surface area contributed by atoms with Crippen LogP contribution in [0.4, 0.5) is 4.39 Å². The van der Waals surface area contributed by atoms with Crippen molar-refractivity contribution in [2.24, 2.45) is 5.92 Å². The van der Waals surface area contributed by atoms with Crippen molar-refractivity contribution < 1.29 is 33.0 Å². The second-order valence-electron chi connectivity index (χ2n) is 13.1. The minimum atomic E-state index is -0.992. The Balaban J connectivity index is 0.895. The Morgan fingerprint density at radius 3 is 2.54 bits per heavy atom.